The van der Waals surface area contributed by atoms with Gasteiger partial charge in [0.25, 0.3) is 6.33 Å². The van der Waals surface area contributed by atoms with Crippen molar-refractivity contribution in [3.63, 3.8) is 0 Å². The van der Waals surface area contributed by atoms with Crippen molar-refractivity contribution in [3.05, 3.63) is 82.2 Å². The summed E-state index contributed by atoms with van der Waals surface area (Å²) in [6.07, 6.45) is 3.53. The Balaban J connectivity index is 0.00000208. The third-order valence-electron chi connectivity index (χ3n) is 3.38. The van der Waals surface area contributed by atoms with E-state index in [0.29, 0.717) is 10.6 Å². The normalized spacial score (nSPS) is 10.1. The van der Waals surface area contributed by atoms with E-state index >= 15 is 0 Å². The molecule has 0 saturated heterocycles. The number of aromatic nitrogens is 2. The average Bonchev–Trinajstić information content (AvgIpc) is 2.56. The fourth-order valence-corrected chi connectivity index (χ4v) is 2.71. The molecule has 0 spiro atoms. The van der Waals surface area contributed by atoms with Gasteiger partial charge >= 0.3 is 0 Å². The van der Waals surface area contributed by atoms with Gasteiger partial charge in [-0.2, -0.15) is 0 Å². The molecule has 0 N–H and O–H groups in total. The van der Waals surface area contributed by atoms with Crippen molar-refractivity contribution in [2.24, 2.45) is 0 Å². The molecule has 0 unspecified atom stereocenters. The Bertz CT molecular complexity index is 836. The molecule has 122 valence electrons. The number of ketones is 1. The Morgan fingerprint density at radius 3 is 2.50 bits per heavy atom. The van der Waals surface area contributed by atoms with Crippen molar-refractivity contribution in [2.75, 3.05) is 0 Å². The molecule has 24 heavy (non-hydrogen) atoms. The zero-order chi connectivity index (χ0) is 16.2. The van der Waals surface area contributed by atoms with Crippen LogP contribution in [0.2, 0.25) is 5.02 Å². The smallest absolute Gasteiger partial charge is 0.287 e. The highest BCUT2D eigenvalue weighted by molar-refractivity contribution is 9.10. The summed E-state index contributed by atoms with van der Waals surface area (Å²) in [5.41, 5.74) is 2.52. The van der Waals surface area contributed by atoms with Crippen LogP contribution >= 0.6 is 44.5 Å². The molecule has 0 bridgehead atoms. The van der Waals surface area contributed by atoms with Gasteiger partial charge in [0, 0.05) is 26.7 Å². The Kier molecular flexibility index (Phi) is 6.66. The lowest BCUT2D eigenvalue weighted by atomic mass is 10.1. The van der Waals surface area contributed by atoms with E-state index in [9.17, 15) is 4.79 Å². The summed E-state index contributed by atoms with van der Waals surface area (Å²) >= 11 is 9.28. The molecule has 3 nitrogen and oxygen atoms in total. The molecule has 0 aliphatic rings. The summed E-state index contributed by atoms with van der Waals surface area (Å²) in [6.45, 7) is 0.243. The van der Waals surface area contributed by atoms with Gasteiger partial charge in [-0.3, -0.25) is 4.79 Å². The van der Waals surface area contributed by atoms with Crippen molar-refractivity contribution in [1.82, 2.24) is 4.98 Å². The zero-order valence-electron chi connectivity index (χ0n) is 12.5. The van der Waals surface area contributed by atoms with Crippen LogP contribution in [-0.4, -0.2) is 10.8 Å². The number of hydrogen-bond donors (Lipinski definition) is 0. The highest BCUT2D eigenvalue weighted by Gasteiger charge is 2.12. The molecule has 3 rings (SSSR count). The molecule has 0 amide bonds. The average molecular weight is 470 g/mol. The van der Waals surface area contributed by atoms with Gasteiger partial charge in [-0.15, -0.1) is 17.0 Å². The molecular weight excluding hydrogens is 455 g/mol. The number of benzene rings is 2. The predicted molar refractivity (Wildman–Crippen MR) is 104 cm³/mol. The summed E-state index contributed by atoms with van der Waals surface area (Å²) < 4.78 is 2.77. The van der Waals surface area contributed by atoms with Crippen LogP contribution in [0, 0.1) is 0 Å². The number of carbonyl (C=O) groups is 1. The van der Waals surface area contributed by atoms with Crippen LogP contribution in [0.15, 0.2) is 71.6 Å². The molecule has 1 heterocycles. The molecule has 2 aromatic carbocycles. The molecule has 0 atom stereocenters. The van der Waals surface area contributed by atoms with Crippen LogP contribution in [0.4, 0.5) is 0 Å². The molecule has 0 radical (unpaired) electrons. The van der Waals surface area contributed by atoms with Gasteiger partial charge in [0.2, 0.25) is 5.78 Å². The van der Waals surface area contributed by atoms with Crippen LogP contribution in [0.5, 0.6) is 0 Å². The molecule has 3 aromatic rings. The zero-order valence-corrected chi connectivity index (χ0v) is 16.6. The second-order valence-corrected chi connectivity index (χ2v) is 6.41. The highest BCUT2D eigenvalue weighted by Crippen LogP contribution is 2.20. The van der Waals surface area contributed by atoms with E-state index in [4.69, 9.17) is 11.6 Å². The van der Waals surface area contributed by atoms with Gasteiger partial charge in [0.1, 0.15) is 0 Å². The number of halogens is 3. The number of hydrogen-bond acceptors (Lipinski definition) is 2. The second-order valence-electron chi connectivity index (χ2n) is 5.06. The van der Waals surface area contributed by atoms with Gasteiger partial charge < -0.3 is 0 Å². The molecule has 0 saturated carbocycles. The van der Waals surface area contributed by atoms with Crippen molar-refractivity contribution < 1.29 is 9.36 Å². The van der Waals surface area contributed by atoms with Crippen LogP contribution < -0.4 is 4.57 Å². The Morgan fingerprint density at radius 2 is 1.88 bits per heavy atom. The maximum Gasteiger partial charge on any atom is 0.287 e. The lowest BCUT2D eigenvalue weighted by Crippen LogP contribution is -2.37. The van der Waals surface area contributed by atoms with Crippen LogP contribution in [0.3, 0.4) is 0 Å². The summed E-state index contributed by atoms with van der Waals surface area (Å²) in [5.74, 6) is 0.0173. The Morgan fingerprint density at radius 1 is 1.12 bits per heavy atom. The maximum absolute atomic E-state index is 12.2. The maximum atomic E-state index is 12.2. The van der Waals surface area contributed by atoms with Gasteiger partial charge in [0.05, 0.1) is 6.20 Å². The van der Waals surface area contributed by atoms with Gasteiger partial charge in [0.15, 0.2) is 12.2 Å². The number of carbonyl (C=O) groups excluding carboxylic acids is 1. The standard InChI is InChI=1S/C18H13BrClN2O.BrH/c19-15-3-1-2-14(10-15)17-8-9-22(12-21-17)11-18(23)13-4-6-16(20)7-5-13;/h1-10,12H,11H2;1H/q+1;. The minimum absolute atomic E-state index is 0. The van der Waals surface area contributed by atoms with Crippen LogP contribution in [-0.2, 0) is 6.54 Å². The topological polar surface area (TPSA) is 33.8 Å². The summed E-state index contributed by atoms with van der Waals surface area (Å²) in [5, 5.41) is 0.620. The SMILES string of the molecule is Br.O=C(C[n+]1ccc(-c2cccc(Br)c2)nc1)c1ccc(Cl)cc1. The van der Waals surface area contributed by atoms with Gasteiger partial charge in [-0.1, -0.05) is 39.7 Å². The summed E-state index contributed by atoms with van der Waals surface area (Å²) in [4.78, 5) is 16.6. The molecule has 0 aliphatic heterocycles. The van der Waals surface area contributed by atoms with Crippen molar-refractivity contribution in [2.45, 2.75) is 6.54 Å². The lowest BCUT2D eigenvalue weighted by Gasteiger charge is -2.01. The minimum atomic E-state index is 0. The van der Waals surface area contributed by atoms with E-state index in [-0.39, 0.29) is 29.3 Å². The fourth-order valence-electron chi connectivity index (χ4n) is 2.19. The fraction of sp³-hybridized carbons (Fsp3) is 0.0556. The van der Waals surface area contributed by atoms with Crippen molar-refractivity contribution >= 4 is 50.3 Å². The molecule has 0 fully saturated rings. The van der Waals surface area contributed by atoms with E-state index in [1.54, 1.807) is 35.2 Å². The summed E-state index contributed by atoms with van der Waals surface area (Å²) in [7, 11) is 0. The van der Waals surface area contributed by atoms with E-state index < -0.39 is 0 Å². The second kappa shape index (κ2) is 8.51. The number of rotatable bonds is 4. The molecule has 6 heteroatoms. The highest BCUT2D eigenvalue weighted by atomic mass is 79.9. The predicted octanol–water partition coefficient (Wildman–Crippen LogP) is 4.91. The van der Waals surface area contributed by atoms with Crippen LogP contribution in [0.1, 0.15) is 10.4 Å². The number of Topliss-reactive ketones (excluding diaryl/α,β-unsaturated/α-hetero) is 1. The third kappa shape index (κ3) is 4.72. The van der Waals surface area contributed by atoms with Crippen molar-refractivity contribution in [3.8, 4) is 11.3 Å². The Hall–Kier alpha value is -1.56. The molecule has 0 aliphatic carbocycles. The molecule has 1 aromatic heterocycles. The Labute approximate surface area is 164 Å². The van der Waals surface area contributed by atoms with Crippen LogP contribution in [0.25, 0.3) is 11.3 Å². The third-order valence-corrected chi connectivity index (χ3v) is 4.13. The van der Waals surface area contributed by atoms with Gasteiger partial charge in [-0.25, -0.2) is 4.57 Å². The first kappa shape index (κ1) is 18.8. The van der Waals surface area contributed by atoms with E-state index in [2.05, 4.69) is 20.9 Å². The van der Waals surface area contributed by atoms with E-state index in [1.165, 1.54) is 0 Å². The number of nitrogens with zero attached hydrogens (tertiary/aromatic N) is 2. The first-order valence-electron chi connectivity index (χ1n) is 7.01. The monoisotopic (exact) mass is 467 g/mol. The first-order chi connectivity index (χ1) is 11.1. The molecular formula is C18H14Br2ClN2O+. The first-order valence-corrected chi connectivity index (χ1v) is 8.19. The van der Waals surface area contributed by atoms with E-state index in [0.717, 1.165) is 15.7 Å². The minimum Gasteiger partial charge on any atom is -0.290 e. The lowest BCUT2D eigenvalue weighted by molar-refractivity contribution is -0.686. The largest absolute Gasteiger partial charge is 0.290 e. The van der Waals surface area contributed by atoms with Crippen molar-refractivity contribution in [1.29, 1.82) is 0 Å². The summed E-state index contributed by atoms with van der Waals surface area (Å²) in [6, 6.07) is 16.7. The quantitative estimate of drug-likeness (QED) is 0.402. The van der Waals surface area contributed by atoms with Gasteiger partial charge in [-0.05, 0) is 41.4 Å². The van der Waals surface area contributed by atoms with E-state index in [1.807, 2.05) is 36.5 Å².